The van der Waals surface area contributed by atoms with Crippen LogP contribution in [0.3, 0.4) is 0 Å². The van der Waals surface area contributed by atoms with Crippen LogP contribution < -0.4 is 5.32 Å². The maximum atomic E-state index is 12.7. The molecule has 1 N–H and O–H groups in total. The van der Waals surface area contributed by atoms with E-state index in [2.05, 4.69) is 22.3 Å². The number of amides is 1. The molecule has 2 heterocycles. The summed E-state index contributed by atoms with van der Waals surface area (Å²) >= 11 is 0. The lowest BCUT2D eigenvalue weighted by Gasteiger charge is -2.29. The summed E-state index contributed by atoms with van der Waals surface area (Å²) < 4.78 is 7.68. The Hall–Kier alpha value is -1.95. The van der Waals surface area contributed by atoms with Crippen LogP contribution in [0.15, 0.2) is 12.3 Å². The molecule has 142 valence electrons. The number of aryl methyl sites for hydroxylation is 2. The van der Waals surface area contributed by atoms with E-state index >= 15 is 0 Å². The van der Waals surface area contributed by atoms with Crippen molar-refractivity contribution in [1.82, 2.24) is 19.9 Å². The monoisotopic (exact) mass is 358 g/mol. The molecule has 0 radical (unpaired) electrons. The predicted octanol–water partition coefficient (Wildman–Crippen LogP) is 3.59. The Labute approximate surface area is 155 Å². The first-order chi connectivity index (χ1) is 12.6. The Morgan fingerprint density at radius 2 is 2.04 bits per heavy atom. The first kappa shape index (κ1) is 18.8. The smallest absolute Gasteiger partial charge is 0.256 e. The number of carbonyl (C=O) groups is 1. The topological polar surface area (TPSA) is 68.5 Å². The van der Waals surface area contributed by atoms with E-state index in [4.69, 9.17) is 4.74 Å². The maximum Gasteiger partial charge on any atom is 0.256 e. The van der Waals surface area contributed by atoms with Gasteiger partial charge in [-0.15, -0.1) is 0 Å². The van der Waals surface area contributed by atoms with Gasteiger partial charge in [0.25, 0.3) is 5.91 Å². The summed E-state index contributed by atoms with van der Waals surface area (Å²) in [5.41, 5.74) is 3.06. The zero-order chi connectivity index (χ0) is 18.5. The van der Waals surface area contributed by atoms with Crippen molar-refractivity contribution in [2.24, 2.45) is 0 Å². The average Bonchev–Trinajstić information content (AvgIpc) is 3.04. The number of nitrogens with zero attached hydrogens (tertiary/aromatic N) is 3. The van der Waals surface area contributed by atoms with Crippen LogP contribution in [0, 0.1) is 13.8 Å². The zero-order valence-corrected chi connectivity index (χ0v) is 16.1. The Bertz CT molecular complexity index is 748. The quantitative estimate of drug-likeness (QED) is 0.768. The average molecular weight is 358 g/mol. The molecule has 2 aromatic rings. The molecule has 1 amide bonds. The number of unbranched alkanes of at least 4 members (excludes halogenated alkanes) is 2. The number of nitrogens with one attached hydrogen (secondary N) is 1. The van der Waals surface area contributed by atoms with Crippen LogP contribution >= 0.6 is 0 Å². The van der Waals surface area contributed by atoms with Gasteiger partial charge >= 0.3 is 0 Å². The Morgan fingerprint density at radius 1 is 1.27 bits per heavy atom. The second-order valence-electron chi connectivity index (χ2n) is 7.36. The fourth-order valence-corrected chi connectivity index (χ4v) is 3.67. The second-order valence-corrected chi connectivity index (χ2v) is 7.36. The third-order valence-electron chi connectivity index (χ3n) is 5.13. The van der Waals surface area contributed by atoms with Crippen LogP contribution in [0.4, 0.5) is 0 Å². The summed E-state index contributed by atoms with van der Waals surface area (Å²) in [6.07, 6.45) is 9.54. The fourth-order valence-electron chi connectivity index (χ4n) is 3.67. The van der Waals surface area contributed by atoms with Crippen molar-refractivity contribution >= 4 is 11.6 Å². The van der Waals surface area contributed by atoms with Crippen LogP contribution in [0.2, 0.25) is 0 Å². The molecule has 0 unspecified atom stereocenters. The van der Waals surface area contributed by atoms with Gasteiger partial charge in [-0.2, -0.15) is 5.10 Å². The SMILES string of the molecule is CCCCCO[C@H]1CC[C@H](NC(=O)c2cnn3c(C)cc(C)nc23)CC1. The van der Waals surface area contributed by atoms with Gasteiger partial charge in [0.05, 0.1) is 12.3 Å². The van der Waals surface area contributed by atoms with E-state index in [1.807, 2.05) is 19.9 Å². The molecule has 0 saturated heterocycles. The maximum absolute atomic E-state index is 12.7. The molecule has 6 heteroatoms. The van der Waals surface area contributed by atoms with Gasteiger partial charge in [-0.25, -0.2) is 9.50 Å². The van der Waals surface area contributed by atoms with Crippen LogP contribution in [-0.2, 0) is 4.74 Å². The Kier molecular flexibility index (Phi) is 6.25. The molecular weight excluding hydrogens is 328 g/mol. The summed E-state index contributed by atoms with van der Waals surface area (Å²) in [7, 11) is 0. The van der Waals surface area contributed by atoms with E-state index in [-0.39, 0.29) is 11.9 Å². The van der Waals surface area contributed by atoms with E-state index < -0.39 is 0 Å². The van der Waals surface area contributed by atoms with E-state index in [0.717, 1.165) is 50.1 Å². The highest BCUT2D eigenvalue weighted by molar-refractivity contribution is 5.99. The molecule has 0 atom stereocenters. The largest absolute Gasteiger partial charge is 0.378 e. The molecule has 1 aliphatic rings. The summed E-state index contributed by atoms with van der Waals surface area (Å²) in [4.78, 5) is 17.2. The third kappa shape index (κ3) is 4.41. The van der Waals surface area contributed by atoms with Gasteiger partial charge in [-0.3, -0.25) is 4.79 Å². The van der Waals surface area contributed by atoms with E-state index in [9.17, 15) is 4.79 Å². The molecule has 1 fully saturated rings. The van der Waals surface area contributed by atoms with Crippen molar-refractivity contribution in [2.45, 2.75) is 77.9 Å². The summed E-state index contributed by atoms with van der Waals surface area (Å²) in [5, 5.41) is 7.47. The standard InChI is InChI=1S/C20H30N4O2/c1-4-5-6-11-26-17-9-7-16(8-10-17)23-20(25)18-13-21-24-15(3)12-14(2)22-19(18)24/h12-13,16-17H,4-11H2,1-3H3,(H,23,25)/t16-,17-. The molecule has 0 aliphatic heterocycles. The van der Waals surface area contributed by atoms with Gasteiger partial charge < -0.3 is 10.1 Å². The number of rotatable bonds is 7. The highest BCUT2D eigenvalue weighted by Gasteiger charge is 2.24. The van der Waals surface area contributed by atoms with Crippen molar-refractivity contribution in [3.05, 3.63) is 29.2 Å². The highest BCUT2D eigenvalue weighted by Crippen LogP contribution is 2.22. The summed E-state index contributed by atoms with van der Waals surface area (Å²) in [5.74, 6) is -0.0789. The minimum Gasteiger partial charge on any atom is -0.378 e. The van der Waals surface area contributed by atoms with Crippen LogP contribution in [-0.4, -0.2) is 39.3 Å². The van der Waals surface area contributed by atoms with E-state index in [0.29, 0.717) is 17.3 Å². The molecule has 0 spiro atoms. The van der Waals surface area contributed by atoms with Gasteiger partial charge in [-0.05, 0) is 52.0 Å². The molecule has 26 heavy (non-hydrogen) atoms. The van der Waals surface area contributed by atoms with Crippen molar-refractivity contribution in [3.63, 3.8) is 0 Å². The predicted molar refractivity (Wildman–Crippen MR) is 101 cm³/mol. The number of aromatic nitrogens is 3. The molecule has 2 aromatic heterocycles. The highest BCUT2D eigenvalue weighted by atomic mass is 16.5. The van der Waals surface area contributed by atoms with Crippen molar-refractivity contribution < 1.29 is 9.53 Å². The number of fused-ring (bicyclic) bond motifs is 1. The van der Waals surface area contributed by atoms with Crippen molar-refractivity contribution in [2.75, 3.05) is 6.61 Å². The van der Waals surface area contributed by atoms with Crippen LogP contribution in [0.5, 0.6) is 0 Å². The minimum atomic E-state index is -0.0789. The van der Waals surface area contributed by atoms with Gasteiger partial charge in [0.2, 0.25) is 0 Å². The zero-order valence-electron chi connectivity index (χ0n) is 16.1. The molecule has 6 nitrogen and oxygen atoms in total. The lowest BCUT2D eigenvalue weighted by Crippen LogP contribution is -2.39. The van der Waals surface area contributed by atoms with Gasteiger partial charge in [0.1, 0.15) is 5.56 Å². The number of ether oxygens (including phenoxy) is 1. The fraction of sp³-hybridized carbons (Fsp3) is 0.650. The Morgan fingerprint density at radius 3 is 2.77 bits per heavy atom. The Balaban J connectivity index is 1.53. The summed E-state index contributed by atoms with van der Waals surface area (Å²) in [6, 6.07) is 2.17. The molecule has 0 bridgehead atoms. The van der Waals surface area contributed by atoms with Gasteiger partial charge in [0, 0.05) is 24.0 Å². The molecule has 1 saturated carbocycles. The minimum absolute atomic E-state index is 0.0789. The van der Waals surface area contributed by atoms with Gasteiger partial charge in [-0.1, -0.05) is 19.8 Å². The van der Waals surface area contributed by atoms with Crippen molar-refractivity contribution in [1.29, 1.82) is 0 Å². The molecule has 1 aliphatic carbocycles. The number of hydrogen-bond donors (Lipinski definition) is 1. The van der Waals surface area contributed by atoms with Gasteiger partial charge in [0.15, 0.2) is 5.65 Å². The lowest BCUT2D eigenvalue weighted by atomic mass is 9.92. The first-order valence-corrected chi connectivity index (χ1v) is 9.83. The third-order valence-corrected chi connectivity index (χ3v) is 5.13. The van der Waals surface area contributed by atoms with E-state index in [1.165, 1.54) is 12.8 Å². The second kappa shape index (κ2) is 8.62. The van der Waals surface area contributed by atoms with Crippen LogP contribution in [0.25, 0.3) is 5.65 Å². The first-order valence-electron chi connectivity index (χ1n) is 9.83. The van der Waals surface area contributed by atoms with E-state index in [1.54, 1.807) is 10.7 Å². The normalized spacial score (nSPS) is 20.4. The molecule has 3 rings (SSSR count). The number of carbonyl (C=O) groups excluding carboxylic acids is 1. The van der Waals surface area contributed by atoms with Crippen molar-refractivity contribution in [3.8, 4) is 0 Å². The molecular formula is C20H30N4O2. The summed E-state index contributed by atoms with van der Waals surface area (Å²) in [6.45, 7) is 6.97. The lowest BCUT2D eigenvalue weighted by molar-refractivity contribution is 0.0205. The molecule has 0 aromatic carbocycles. The van der Waals surface area contributed by atoms with Crippen LogP contribution in [0.1, 0.15) is 73.6 Å². The number of hydrogen-bond acceptors (Lipinski definition) is 4.